The van der Waals surface area contributed by atoms with Crippen LogP contribution in [0.5, 0.6) is 0 Å². The molecule has 0 bridgehead atoms. The summed E-state index contributed by atoms with van der Waals surface area (Å²) in [4.78, 5) is 28.5. The number of aromatic nitrogens is 2. The minimum atomic E-state index is -0.277. The van der Waals surface area contributed by atoms with Gasteiger partial charge in [0.2, 0.25) is 0 Å². The molecule has 1 heterocycles. The van der Waals surface area contributed by atoms with Gasteiger partial charge >= 0.3 is 5.69 Å². The number of benzene rings is 1. The summed E-state index contributed by atoms with van der Waals surface area (Å²) in [5.41, 5.74) is 6.23. The first-order valence-electron chi connectivity index (χ1n) is 8.13. The van der Waals surface area contributed by atoms with Crippen molar-refractivity contribution < 1.29 is 4.79 Å². The van der Waals surface area contributed by atoms with Crippen molar-refractivity contribution in [2.45, 2.75) is 48.1 Å². The van der Waals surface area contributed by atoms with Crippen LogP contribution in [-0.4, -0.2) is 22.0 Å². The molecule has 0 saturated heterocycles. The van der Waals surface area contributed by atoms with Gasteiger partial charge in [-0.1, -0.05) is 6.07 Å². The van der Waals surface area contributed by atoms with Crippen LogP contribution in [0.25, 0.3) is 0 Å². The number of rotatable bonds is 4. The zero-order valence-electron chi connectivity index (χ0n) is 15.3. The number of amides is 1. The minimum absolute atomic E-state index is 0.0948. The normalized spacial score (nSPS) is 10.8. The number of hydrogen-bond acceptors (Lipinski definition) is 3. The molecule has 0 radical (unpaired) electrons. The van der Waals surface area contributed by atoms with Gasteiger partial charge in [0.05, 0.1) is 0 Å². The van der Waals surface area contributed by atoms with Gasteiger partial charge in [-0.05, 0) is 69.9 Å². The Morgan fingerprint density at radius 2 is 1.62 bits per heavy atom. The maximum atomic E-state index is 12.6. The smallest absolute Gasteiger partial charge is 0.348 e. The Morgan fingerprint density at radius 3 is 2.17 bits per heavy atom. The molecule has 1 aromatic heterocycles. The van der Waals surface area contributed by atoms with E-state index in [1.807, 2.05) is 40.7 Å². The summed E-state index contributed by atoms with van der Waals surface area (Å²) in [7, 11) is 0. The molecule has 0 atom stereocenters. The van der Waals surface area contributed by atoms with Gasteiger partial charge in [-0.3, -0.25) is 9.36 Å². The fourth-order valence-electron chi connectivity index (χ4n) is 2.97. The van der Waals surface area contributed by atoms with Crippen LogP contribution in [0.4, 0.5) is 0 Å². The summed E-state index contributed by atoms with van der Waals surface area (Å²) in [6, 6.07) is 3.96. The number of hydrogen-bond donors (Lipinski definition) is 1. The molecule has 0 unspecified atom stereocenters. The molecular formula is C19H25N3O2. The van der Waals surface area contributed by atoms with Crippen molar-refractivity contribution in [3.8, 4) is 0 Å². The fourth-order valence-corrected chi connectivity index (χ4v) is 2.97. The second kappa shape index (κ2) is 6.99. The van der Waals surface area contributed by atoms with E-state index in [1.165, 1.54) is 0 Å². The third kappa shape index (κ3) is 3.55. The van der Waals surface area contributed by atoms with Gasteiger partial charge in [0, 0.05) is 30.0 Å². The van der Waals surface area contributed by atoms with E-state index in [4.69, 9.17) is 0 Å². The third-order valence-electron chi connectivity index (χ3n) is 4.56. The SMILES string of the molecule is Cc1cc(C)n(CCNC(=O)c2c(C)c(C)cc(C)c2C)c(=O)n1. The van der Waals surface area contributed by atoms with Gasteiger partial charge in [0.1, 0.15) is 0 Å². The average molecular weight is 327 g/mol. The first-order valence-corrected chi connectivity index (χ1v) is 8.13. The van der Waals surface area contributed by atoms with Crippen molar-refractivity contribution >= 4 is 5.91 Å². The Morgan fingerprint density at radius 1 is 1.04 bits per heavy atom. The molecule has 0 aliphatic carbocycles. The first kappa shape index (κ1) is 17.9. The van der Waals surface area contributed by atoms with Crippen LogP contribution in [0.15, 0.2) is 16.9 Å². The summed E-state index contributed by atoms with van der Waals surface area (Å²) in [6.07, 6.45) is 0. The van der Waals surface area contributed by atoms with Gasteiger partial charge in [-0.25, -0.2) is 4.79 Å². The predicted octanol–water partition coefficient (Wildman–Crippen LogP) is 2.52. The van der Waals surface area contributed by atoms with Gasteiger partial charge in [0.25, 0.3) is 5.91 Å². The first-order chi connectivity index (χ1) is 11.2. The molecule has 128 valence electrons. The van der Waals surface area contributed by atoms with Gasteiger partial charge in [-0.2, -0.15) is 4.98 Å². The molecule has 24 heavy (non-hydrogen) atoms. The number of carbonyl (C=O) groups is 1. The van der Waals surface area contributed by atoms with E-state index in [9.17, 15) is 9.59 Å². The summed E-state index contributed by atoms with van der Waals surface area (Å²) < 4.78 is 1.58. The number of carbonyl (C=O) groups excluding carboxylic acids is 1. The molecule has 1 amide bonds. The molecular weight excluding hydrogens is 302 g/mol. The molecule has 1 aromatic carbocycles. The molecule has 1 N–H and O–H groups in total. The highest BCUT2D eigenvalue weighted by molar-refractivity contribution is 5.97. The maximum Gasteiger partial charge on any atom is 0.348 e. The summed E-state index contributed by atoms with van der Waals surface area (Å²) in [6.45, 7) is 12.4. The van der Waals surface area contributed by atoms with Crippen LogP contribution in [0.1, 0.15) is 44.0 Å². The lowest BCUT2D eigenvalue weighted by atomic mass is 9.94. The predicted molar refractivity (Wildman–Crippen MR) is 95.7 cm³/mol. The van der Waals surface area contributed by atoms with E-state index in [-0.39, 0.29) is 11.6 Å². The minimum Gasteiger partial charge on any atom is -0.350 e. The van der Waals surface area contributed by atoms with Crippen LogP contribution < -0.4 is 11.0 Å². The zero-order chi connectivity index (χ0) is 18.0. The summed E-state index contributed by atoms with van der Waals surface area (Å²) >= 11 is 0. The largest absolute Gasteiger partial charge is 0.350 e. The van der Waals surface area contributed by atoms with E-state index in [0.717, 1.165) is 33.5 Å². The number of nitrogens with one attached hydrogen (secondary N) is 1. The van der Waals surface area contributed by atoms with Crippen molar-refractivity contribution in [1.82, 2.24) is 14.9 Å². The highest BCUT2D eigenvalue weighted by Gasteiger charge is 2.15. The van der Waals surface area contributed by atoms with E-state index in [1.54, 1.807) is 11.5 Å². The number of nitrogens with zero attached hydrogens (tertiary/aromatic N) is 2. The van der Waals surface area contributed by atoms with Gasteiger partial charge in [0.15, 0.2) is 0 Å². The fraction of sp³-hybridized carbons (Fsp3) is 0.421. The Kier molecular flexibility index (Phi) is 5.22. The topological polar surface area (TPSA) is 64.0 Å². The highest BCUT2D eigenvalue weighted by Crippen LogP contribution is 2.21. The average Bonchev–Trinajstić information content (AvgIpc) is 2.48. The molecule has 5 nitrogen and oxygen atoms in total. The van der Waals surface area contributed by atoms with Crippen molar-refractivity contribution in [3.63, 3.8) is 0 Å². The molecule has 5 heteroatoms. The van der Waals surface area contributed by atoms with Crippen LogP contribution in [-0.2, 0) is 6.54 Å². The maximum absolute atomic E-state index is 12.6. The second-order valence-corrected chi connectivity index (χ2v) is 6.36. The van der Waals surface area contributed by atoms with Crippen molar-refractivity contribution in [3.05, 3.63) is 61.8 Å². The Hall–Kier alpha value is -2.43. The van der Waals surface area contributed by atoms with Crippen LogP contribution >= 0.6 is 0 Å². The van der Waals surface area contributed by atoms with Crippen LogP contribution in [0, 0.1) is 41.5 Å². The van der Waals surface area contributed by atoms with Crippen molar-refractivity contribution in [1.29, 1.82) is 0 Å². The molecule has 0 spiro atoms. The molecule has 2 aromatic rings. The monoisotopic (exact) mass is 327 g/mol. The lowest BCUT2D eigenvalue weighted by Crippen LogP contribution is -2.33. The number of aryl methyl sites for hydroxylation is 4. The van der Waals surface area contributed by atoms with Crippen molar-refractivity contribution in [2.24, 2.45) is 0 Å². The highest BCUT2D eigenvalue weighted by atomic mass is 16.2. The van der Waals surface area contributed by atoms with Gasteiger partial charge in [-0.15, -0.1) is 0 Å². The summed E-state index contributed by atoms with van der Waals surface area (Å²) in [5, 5.41) is 2.93. The zero-order valence-corrected chi connectivity index (χ0v) is 15.3. The lowest BCUT2D eigenvalue weighted by molar-refractivity contribution is 0.0950. The Labute approximate surface area is 142 Å². The van der Waals surface area contributed by atoms with E-state index < -0.39 is 0 Å². The van der Waals surface area contributed by atoms with Crippen molar-refractivity contribution in [2.75, 3.05) is 6.54 Å². The third-order valence-corrected chi connectivity index (χ3v) is 4.56. The van der Waals surface area contributed by atoms with E-state index >= 15 is 0 Å². The molecule has 0 fully saturated rings. The molecule has 0 aliphatic rings. The Bertz CT molecular complexity index is 824. The molecule has 0 saturated carbocycles. The Balaban J connectivity index is 2.15. The standard InChI is InChI=1S/C19H25N3O2/c1-11-9-12(2)16(6)17(15(11)5)18(23)20-7-8-22-14(4)10-13(3)21-19(22)24/h9-10H,7-8H2,1-6H3,(H,20,23). The van der Waals surface area contributed by atoms with E-state index in [2.05, 4.69) is 16.4 Å². The molecule has 2 rings (SSSR count). The second-order valence-electron chi connectivity index (χ2n) is 6.36. The quantitative estimate of drug-likeness (QED) is 0.938. The summed E-state index contributed by atoms with van der Waals surface area (Å²) in [5.74, 6) is -0.0948. The lowest BCUT2D eigenvalue weighted by Gasteiger charge is -2.16. The van der Waals surface area contributed by atoms with Crippen LogP contribution in [0.3, 0.4) is 0 Å². The van der Waals surface area contributed by atoms with Gasteiger partial charge < -0.3 is 5.32 Å². The molecule has 0 aliphatic heterocycles. The van der Waals surface area contributed by atoms with Crippen LogP contribution in [0.2, 0.25) is 0 Å². The van der Waals surface area contributed by atoms with E-state index in [0.29, 0.717) is 18.8 Å².